The number of aromatic hydroxyl groups is 1. The molecule has 6 aromatic rings. The molecule has 10 N–H and O–H groups in total. The first-order valence-corrected chi connectivity index (χ1v) is 29.9. The normalized spacial score (nSPS) is 14.0. The summed E-state index contributed by atoms with van der Waals surface area (Å²) in [5, 5.41) is 34.0. The number of benzene rings is 4. The van der Waals surface area contributed by atoms with Crippen LogP contribution in [-0.2, 0) is 40.0 Å². The highest BCUT2D eigenvalue weighted by molar-refractivity contribution is 6.20. The number of fused-ring (bicyclic) bond motifs is 4. The third-order valence-electron chi connectivity index (χ3n) is 15.1. The maximum atomic E-state index is 14.6. The van der Waals surface area contributed by atoms with Crippen LogP contribution in [0.15, 0.2) is 103 Å². The number of aromatic amines is 1. The van der Waals surface area contributed by atoms with E-state index in [0.717, 1.165) is 33.6 Å². The molecule has 92 heavy (non-hydrogen) atoms. The molecule has 29 heteroatoms. The van der Waals surface area contributed by atoms with Crippen molar-refractivity contribution in [3.63, 3.8) is 0 Å². The average Bonchev–Trinajstić information content (AvgIpc) is 1.59. The molecule has 0 saturated carbocycles. The number of aryl methyl sites for hydroxylation is 1. The van der Waals surface area contributed by atoms with Crippen LogP contribution in [0.4, 0.5) is 36.4 Å². The molecule has 0 saturated heterocycles. The van der Waals surface area contributed by atoms with E-state index in [1.54, 1.807) is 61.2 Å². The number of H-pyrrole nitrogens is 1. The van der Waals surface area contributed by atoms with Crippen LogP contribution in [0, 0.1) is 12.8 Å². The quantitative estimate of drug-likeness (QED) is 0.0164. The Hall–Kier alpha value is -10.3. The van der Waals surface area contributed by atoms with Crippen molar-refractivity contribution in [2.24, 2.45) is 11.7 Å². The lowest BCUT2D eigenvalue weighted by Crippen LogP contribution is -2.54. The summed E-state index contributed by atoms with van der Waals surface area (Å²) in [5.74, 6) is -3.58. The molecule has 4 aromatic carbocycles. The number of primary amides is 1. The molecule has 486 valence electrons. The molecule has 28 nitrogen and oxygen atoms in total. The number of carbonyl (C=O) groups excluding carboxylic acids is 10. The monoisotopic (exact) mass is 1290 g/mol. The minimum absolute atomic E-state index is 0.000559. The summed E-state index contributed by atoms with van der Waals surface area (Å²) >= 11 is 6.65. The minimum Gasteiger partial charge on any atom is -0.508 e. The highest BCUT2D eigenvalue weighted by atomic mass is 35.5. The van der Waals surface area contributed by atoms with Gasteiger partial charge in [0.05, 0.1) is 43.8 Å². The van der Waals surface area contributed by atoms with Gasteiger partial charge in [-0.1, -0.05) is 44.2 Å². The number of imide groups is 1. The molecule has 0 spiro atoms. The van der Waals surface area contributed by atoms with Gasteiger partial charge >= 0.3 is 24.3 Å². The van der Waals surface area contributed by atoms with Crippen molar-refractivity contribution in [3.8, 4) is 11.5 Å². The predicted molar refractivity (Wildman–Crippen MR) is 337 cm³/mol. The van der Waals surface area contributed by atoms with Crippen LogP contribution < -0.4 is 42.0 Å². The number of likely N-dealkylation sites (N-methyl/N-ethyl adjacent to an activating group) is 1. The lowest BCUT2D eigenvalue weighted by molar-refractivity contribution is -0.137. The van der Waals surface area contributed by atoms with E-state index in [4.69, 9.17) is 36.3 Å². The number of rotatable bonds is 28. The smallest absolute Gasteiger partial charge is 0.415 e. The maximum absolute atomic E-state index is 14.6. The number of nitrogens with one attached hydrogen (secondary N) is 6. The number of pyridine rings is 1. The molecule has 2 aliphatic heterocycles. The fourth-order valence-corrected chi connectivity index (χ4v) is 10.5. The number of alkyl halides is 1. The number of aliphatic hydroxyl groups excluding tert-OH is 1. The van der Waals surface area contributed by atoms with Gasteiger partial charge in [0, 0.05) is 91.8 Å². The number of hydrogen-bond acceptors (Lipinski definition) is 17. The Morgan fingerprint density at radius 2 is 1.60 bits per heavy atom. The van der Waals surface area contributed by atoms with Crippen LogP contribution in [0.3, 0.4) is 0 Å². The van der Waals surface area contributed by atoms with E-state index < -0.39 is 77.8 Å². The van der Waals surface area contributed by atoms with Gasteiger partial charge in [0.2, 0.25) is 11.8 Å². The van der Waals surface area contributed by atoms with Crippen LogP contribution in [-0.4, -0.2) is 185 Å². The third kappa shape index (κ3) is 17.3. The van der Waals surface area contributed by atoms with Gasteiger partial charge in [-0.05, 0) is 96.3 Å². The lowest BCUT2D eigenvalue weighted by atomic mass is 9.92. The second-order valence-electron chi connectivity index (χ2n) is 21.9. The molecule has 2 aromatic heterocycles. The SMILES string of the molecule is Cc1cccc2c(OC(=O)N(CCOCCO)CCN(C)C(=O)OCc3ccc(NC(=O)[C@H](CCCNC(N)=O)NC(=O)[C@@H](NC(=O)OCCN4C(=O)C=CC4=O)C(C)C)cc3)cc3c(c12)[C@H](CCl)CN3C(=O)c1cc2cc(NC(=O)c3ccc(O)cc3)ncc2[nH]1. The van der Waals surface area contributed by atoms with Gasteiger partial charge in [0.1, 0.15) is 48.3 Å². The maximum Gasteiger partial charge on any atom is 0.415 e. The zero-order valence-electron chi connectivity index (χ0n) is 50.8. The van der Waals surface area contributed by atoms with Crippen LogP contribution in [0.25, 0.3) is 21.7 Å². The molecule has 2 aliphatic rings. The van der Waals surface area contributed by atoms with Crippen molar-refractivity contribution in [3.05, 3.63) is 131 Å². The van der Waals surface area contributed by atoms with Crippen molar-refractivity contribution >= 4 is 110 Å². The standard InChI is InChI=1S/C63H71ClN12O16/c1-36(2)55(72-61(86)90-27-24-75-51(79)18-19-52(75)80)58(83)70-45(9-6-20-66-60(65)85)57(82)68-42-14-10-38(11-15-42)35-91-62(87)73(4)21-22-74(23-26-89-28-25-77)63(88)92-49-31-48-54(53-37(3)7-5-8-44(49)53)41(32-64)34-76(48)59(84)46-29-40-30-50(67-33-47(40)69-46)71-56(81)39-12-16-43(78)17-13-39/h5,7-8,10-19,29-31,33,36,41,45,55,69,77-78H,6,9,20-28,32,34-35H2,1-4H3,(H,68,82)(H,70,83)(H,72,86)(H3,65,66,85)(H,67,71,81)/t41-,45+,55+/m1/s1. The topological polar surface area (TPSA) is 376 Å². The van der Waals surface area contributed by atoms with Gasteiger partial charge in [-0.25, -0.2) is 24.2 Å². The van der Waals surface area contributed by atoms with Gasteiger partial charge < -0.3 is 81.2 Å². The number of alkyl carbamates (subject to hydrolysis) is 1. The van der Waals surface area contributed by atoms with Gasteiger partial charge in [-0.3, -0.25) is 33.7 Å². The molecule has 8 rings (SSSR count). The van der Waals surface area contributed by atoms with Crippen molar-refractivity contribution in [1.29, 1.82) is 0 Å². The molecular formula is C63H71ClN12O16. The van der Waals surface area contributed by atoms with Crippen molar-refractivity contribution in [1.82, 2.24) is 40.6 Å². The molecular weight excluding hydrogens is 1220 g/mol. The summed E-state index contributed by atoms with van der Waals surface area (Å²) in [6.07, 6.45) is 1.39. The number of amides is 11. The van der Waals surface area contributed by atoms with E-state index in [9.17, 15) is 58.2 Å². The van der Waals surface area contributed by atoms with Gasteiger partial charge in [0.15, 0.2) is 0 Å². The van der Waals surface area contributed by atoms with Gasteiger partial charge in [-0.2, -0.15) is 0 Å². The van der Waals surface area contributed by atoms with Gasteiger partial charge in [-0.15, -0.1) is 11.6 Å². The number of phenolic OH excluding ortho intramolecular Hbond substituents is 1. The first-order valence-electron chi connectivity index (χ1n) is 29.4. The largest absolute Gasteiger partial charge is 0.508 e. The van der Waals surface area contributed by atoms with Crippen LogP contribution in [0.5, 0.6) is 11.5 Å². The second kappa shape index (κ2) is 31.4. The zero-order valence-corrected chi connectivity index (χ0v) is 51.6. The highest BCUT2D eigenvalue weighted by Crippen LogP contribution is 2.47. The number of aliphatic hydroxyl groups is 1. The number of anilines is 3. The summed E-state index contributed by atoms with van der Waals surface area (Å²) < 4.78 is 22.5. The van der Waals surface area contributed by atoms with E-state index in [2.05, 4.69) is 36.6 Å². The molecule has 0 bridgehead atoms. The Morgan fingerprint density at radius 1 is 0.859 bits per heavy atom. The predicted octanol–water partition coefficient (Wildman–Crippen LogP) is 5.59. The molecule has 4 heterocycles. The van der Waals surface area contributed by atoms with Crippen molar-refractivity contribution in [2.45, 2.75) is 58.2 Å². The fraction of sp³-hybridized carbons (Fsp3) is 0.349. The molecule has 0 aliphatic carbocycles. The first kappa shape index (κ1) is 67.6. The Kier molecular flexibility index (Phi) is 23.1. The number of nitrogens with two attached hydrogens (primary N) is 1. The average molecular weight is 1290 g/mol. The zero-order chi connectivity index (χ0) is 66.2. The number of halogens is 1. The molecule has 0 fully saturated rings. The number of carbonyl (C=O) groups is 10. The fourth-order valence-electron chi connectivity index (χ4n) is 10.2. The Bertz CT molecular complexity index is 3750. The Morgan fingerprint density at radius 3 is 2.29 bits per heavy atom. The number of nitrogens with zero attached hydrogens (tertiary/aromatic N) is 5. The minimum atomic E-state index is -1.18. The number of urea groups is 1. The van der Waals surface area contributed by atoms with E-state index in [0.29, 0.717) is 38.8 Å². The third-order valence-corrected chi connectivity index (χ3v) is 15.4. The van der Waals surface area contributed by atoms with Crippen LogP contribution >= 0.6 is 11.6 Å². The van der Waals surface area contributed by atoms with Crippen LogP contribution in [0.1, 0.15) is 70.1 Å². The Labute approximate surface area is 532 Å². The van der Waals surface area contributed by atoms with E-state index >= 15 is 0 Å². The number of phenols is 1. The van der Waals surface area contributed by atoms with Crippen molar-refractivity contribution in [2.75, 3.05) is 94.2 Å². The summed E-state index contributed by atoms with van der Waals surface area (Å²) in [6, 6.07) is 19.4. The molecule has 0 unspecified atom stereocenters. The first-order chi connectivity index (χ1) is 44.1. The molecule has 3 atom stereocenters. The van der Waals surface area contributed by atoms with Gasteiger partial charge in [0.25, 0.3) is 23.6 Å². The van der Waals surface area contributed by atoms with E-state index in [1.165, 1.54) is 47.3 Å². The lowest BCUT2D eigenvalue weighted by Gasteiger charge is -2.26. The molecule has 0 radical (unpaired) electrons. The second-order valence-corrected chi connectivity index (χ2v) is 22.2. The van der Waals surface area contributed by atoms with E-state index in [-0.39, 0.29) is 120 Å². The Balaban J connectivity index is 0.888. The van der Waals surface area contributed by atoms with Crippen LogP contribution in [0.2, 0.25) is 0 Å². The van der Waals surface area contributed by atoms with E-state index in [1.807, 2.05) is 25.1 Å². The number of aromatic nitrogens is 2. The summed E-state index contributed by atoms with van der Waals surface area (Å²) in [7, 11) is 1.48. The summed E-state index contributed by atoms with van der Waals surface area (Å²) in [6.45, 7) is 4.40. The number of hydrogen-bond donors (Lipinski definition) is 9. The highest BCUT2D eigenvalue weighted by Gasteiger charge is 2.37. The summed E-state index contributed by atoms with van der Waals surface area (Å²) in [4.78, 5) is 143. The van der Waals surface area contributed by atoms with Crippen molar-refractivity contribution < 1.29 is 77.1 Å². The number of ether oxygens (including phenoxy) is 4. The summed E-state index contributed by atoms with van der Waals surface area (Å²) in [5.41, 5.74) is 9.21. The molecule has 11 amide bonds.